The molecule has 0 rings (SSSR count). The van der Waals surface area contributed by atoms with E-state index in [0.29, 0.717) is 0 Å². The number of hydrogen-bond acceptors (Lipinski definition) is 0. The van der Waals surface area contributed by atoms with Crippen LogP contribution in [0.5, 0.6) is 0 Å². The van der Waals surface area contributed by atoms with Crippen molar-refractivity contribution in [3.63, 3.8) is 0 Å². The molecule has 0 saturated heterocycles. The van der Waals surface area contributed by atoms with E-state index in [1.807, 2.05) is 0 Å². The smallest absolute Gasteiger partial charge is 0 e. The van der Waals surface area contributed by atoms with Crippen LogP contribution in [0.25, 0.3) is 0 Å². The second-order valence-electron chi connectivity index (χ2n) is 0. The van der Waals surface area contributed by atoms with Gasteiger partial charge in [-0.05, 0) is 0 Å². The van der Waals surface area contributed by atoms with Gasteiger partial charge in [0.1, 0.15) is 0 Å². The fraction of sp³-hybridized carbons (Fsp3) is 0. The van der Waals surface area contributed by atoms with Gasteiger partial charge in [0, 0.05) is 148 Å². The summed E-state index contributed by atoms with van der Waals surface area (Å²) >= 11 is 0. The van der Waals surface area contributed by atoms with Gasteiger partial charge >= 0.3 is 0 Å². The van der Waals surface area contributed by atoms with Crippen molar-refractivity contribution in [1.82, 2.24) is 0 Å². The Hall–Kier alpha value is 4.68. The third-order valence-electron chi connectivity index (χ3n) is 0. The van der Waals surface area contributed by atoms with E-state index in [-0.39, 0.29) is 208 Å². The molecular weight excluding hydrogens is 504 g/mol. The Bertz CT molecular complexity index is 16.0. The van der Waals surface area contributed by atoms with E-state index in [9.17, 15) is 0 Å². The molecule has 0 heterocycles. The second-order valence-corrected chi connectivity index (χ2v) is 0. The van der Waals surface area contributed by atoms with Gasteiger partial charge in [0.25, 0.3) is 0 Å². The minimum absolute atomic E-state index is 0. The molecule has 0 aliphatic heterocycles. The van der Waals surface area contributed by atoms with Gasteiger partial charge in [-0.15, -0.1) is 0 Å². The average Bonchev–Trinajstić information content (AvgIpc) is 0. The van der Waals surface area contributed by atoms with Gasteiger partial charge in [-0.2, -0.15) is 0 Å². The Labute approximate surface area is 204 Å². The van der Waals surface area contributed by atoms with Crippen LogP contribution >= 0.6 is 0 Å². The maximum Gasteiger partial charge on any atom is 0 e. The summed E-state index contributed by atoms with van der Waals surface area (Å²) in [5.41, 5.74) is 0. The van der Waals surface area contributed by atoms with Crippen LogP contribution in [0.4, 0.5) is 0 Å². The van der Waals surface area contributed by atoms with Crippen LogP contribution in [0.15, 0.2) is 0 Å². The minimum Gasteiger partial charge on any atom is -0.358 e. The molecule has 0 bridgehead atoms. The molecule has 0 aromatic carbocycles. The first-order valence-electron chi connectivity index (χ1n) is 0. The first-order valence-corrected chi connectivity index (χ1v) is 0. The van der Waals surface area contributed by atoms with E-state index in [1.165, 1.54) is 0 Å². The summed E-state index contributed by atoms with van der Waals surface area (Å²) in [6.07, 6.45) is 0. The molecule has 0 saturated carbocycles. The summed E-state index contributed by atoms with van der Waals surface area (Å²) in [5, 5.41) is 0. The first-order chi connectivity index (χ1) is 0. The SMILES string of the molecule is [CH3-].[CH3-].[CH3-].[CH3-].[CH3-].[CH3-].[CH3-].[CH3-].[V].[V].[V].[V].[V].[V].[V].[V]. The van der Waals surface area contributed by atoms with Crippen molar-refractivity contribution in [3.05, 3.63) is 59.4 Å². The Morgan fingerprint density at radius 1 is 0.125 bits per heavy atom. The summed E-state index contributed by atoms with van der Waals surface area (Å²) in [6.45, 7) is 0. The summed E-state index contributed by atoms with van der Waals surface area (Å²) in [4.78, 5) is 0. The normalized spacial score (nSPS) is 0. The predicted octanol–water partition coefficient (Wildman–Crippen LogP) is 3.58. The zero-order chi connectivity index (χ0) is 0. The van der Waals surface area contributed by atoms with E-state index in [1.54, 1.807) is 0 Å². The quantitative estimate of drug-likeness (QED) is 0.423. The molecule has 0 nitrogen and oxygen atoms in total. The van der Waals surface area contributed by atoms with Gasteiger partial charge in [-0.3, -0.25) is 0 Å². The van der Waals surface area contributed by atoms with E-state index in [0.717, 1.165) is 0 Å². The molecule has 0 aromatic rings. The van der Waals surface area contributed by atoms with Crippen LogP contribution in [0.2, 0.25) is 0 Å². The average molecular weight is 528 g/mol. The van der Waals surface area contributed by atoms with Crippen molar-refractivity contribution in [1.29, 1.82) is 0 Å². The molecule has 0 aliphatic rings. The van der Waals surface area contributed by atoms with Gasteiger partial charge in [0.15, 0.2) is 0 Å². The van der Waals surface area contributed by atoms with Crippen molar-refractivity contribution in [2.45, 2.75) is 0 Å². The predicted molar refractivity (Wildman–Crippen MR) is 51.3 cm³/mol. The molecule has 104 valence electrons. The Morgan fingerprint density at radius 3 is 0.125 bits per heavy atom. The topological polar surface area (TPSA) is 0 Å². The fourth-order valence-corrected chi connectivity index (χ4v) is 0. The summed E-state index contributed by atoms with van der Waals surface area (Å²) in [7, 11) is 0. The van der Waals surface area contributed by atoms with Crippen molar-refractivity contribution < 1.29 is 148 Å². The third kappa shape index (κ3) is 267. The molecule has 0 atom stereocenters. The largest absolute Gasteiger partial charge is 0.358 e. The molecule has 8 radical (unpaired) electrons. The van der Waals surface area contributed by atoms with Gasteiger partial charge in [0.05, 0.1) is 0 Å². The van der Waals surface area contributed by atoms with Crippen LogP contribution in [0.3, 0.4) is 0 Å². The fourth-order valence-electron chi connectivity index (χ4n) is 0. The third-order valence-corrected chi connectivity index (χ3v) is 0. The van der Waals surface area contributed by atoms with Gasteiger partial charge in [-0.25, -0.2) is 0 Å². The monoisotopic (exact) mass is 528 g/mol. The van der Waals surface area contributed by atoms with Crippen LogP contribution in [-0.2, 0) is 148 Å². The van der Waals surface area contributed by atoms with Crippen molar-refractivity contribution in [2.75, 3.05) is 0 Å². The Kier molecular flexibility index (Phi) is 7180. The second kappa shape index (κ2) is 314. The summed E-state index contributed by atoms with van der Waals surface area (Å²) < 4.78 is 0. The standard InChI is InChI=1S/8CH3.8V/h8*1H3;;;;;;;;/q8*-1;;;;;;;;. The van der Waals surface area contributed by atoms with E-state index in [2.05, 4.69) is 0 Å². The van der Waals surface area contributed by atoms with Crippen LogP contribution < -0.4 is 0 Å². The minimum atomic E-state index is 0. The maximum atomic E-state index is 0. The van der Waals surface area contributed by atoms with E-state index >= 15 is 0 Å². The molecule has 0 unspecified atom stereocenters. The Balaban J connectivity index is 0. The molecular formula is C8H24V8-8. The number of hydrogen-bond donors (Lipinski definition) is 0. The maximum absolute atomic E-state index is 0. The molecule has 0 aliphatic carbocycles. The van der Waals surface area contributed by atoms with Crippen LogP contribution in [0.1, 0.15) is 0 Å². The van der Waals surface area contributed by atoms with E-state index < -0.39 is 0 Å². The van der Waals surface area contributed by atoms with Gasteiger partial charge in [-0.1, -0.05) is 0 Å². The zero-order valence-corrected chi connectivity index (χ0v) is 22.8. The van der Waals surface area contributed by atoms with Gasteiger partial charge < -0.3 is 59.4 Å². The number of rotatable bonds is 0. The molecule has 0 amide bonds. The molecule has 0 N–H and O–H groups in total. The molecule has 0 aromatic heterocycles. The van der Waals surface area contributed by atoms with Crippen molar-refractivity contribution in [2.24, 2.45) is 0 Å². The van der Waals surface area contributed by atoms with Crippen molar-refractivity contribution >= 4 is 0 Å². The van der Waals surface area contributed by atoms with Crippen LogP contribution in [-0.4, -0.2) is 0 Å². The van der Waals surface area contributed by atoms with E-state index in [4.69, 9.17) is 0 Å². The van der Waals surface area contributed by atoms with Gasteiger partial charge in [0.2, 0.25) is 0 Å². The first kappa shape index (κ1) is 366. The zero-order valence-electron chi connectivity index (χ0n) is 11.6. The molecule has 8 heteroatoms. The van der Waals surface area contributed by atoms with Crippen LogP contribution in [0, 0.1) is 59.4 Å². The molecule has 0 fully saturated rings. The van der Waals surface area contributed by atoms with Crippen molar-refractivity contribution in [3.8, 4) is 0 Å². The Morgan fingerprint density at radius 2 is 0.125 bits per heavy atom. The molecule has 16 heavy (non-hydrogen) atoms. The molecule has 0 spiro atoms. The summed E-state index contributed by atoms with van der Waals surface area (Å²) in [6, 6.07) is 0. The summed E-state index contributed by atoms with van der Waals surface area (Å²) in [5.74, 6) is 0.